The third-order valence-corrected chi connectivity index (χ3v) is 4.42. The number of carbonyl (C=O) groups is 1. The van der Waals surface area contributed by atoms with Crippen LogP contribution in [0.25, 0.3) is 6.08 Å². The highest BCUT2D eigenvalue weighted by atomic mass is 32.2. The molecule has 0 radical (unpaired) electrons. The summed E-state index contributed by atoms with van der Waals surface area (Å²) in [6.45, 7) is 8.00. The highest BCUT2D eigenvalue weighted by Crippen LogP contribution is 2.35. The highest BCUT2D eigenvalue weighted by molar-refractivity contribution is 8.18. The normalized spacial score (nSPS) is 18.3. The van der Waals surface area contributed by atoms with Gasteiger partial charge in [0, 0.05) is 12.1 Å². The second-order valence-electron chi connectivity index (χ2n) is 6.00. The Morgan fingerprint density at radius 3 is 2.33 bits per heavy atom. The molecule has 0 spiro atoms. The van der Waals surface area contributed by atoms with Gasteiger partial charge in [-0.1, -0.05) is 6.07 Å². The van der Waals surface area contributed by atoms with Gasteiger partial charge in [-0.3, -0.25) is 14.7 Å². The first-order valence-corrected chi connectivity index (χ1v) is 8.72. The van der Waals surface area contributed by atoms with Gasteiger partial charge in [0.2, 0.25) is 0 Å². The summed E-state index contributed by atoms with van der Waals surface area (Å²) in [5.41, 5.74) is 0.887. The molecule has 1 amide bonds. The monoisotopic (exact) mass is 348 g/mol. The minimum Gasteiger partial charge on any atom is -0.493 e. The third kappa shape index (κ3) is 3.93. The number of amides is 1. The van der Waals surface area contributed by atoms with Crippen molar-refractivity contribution >= 4 is 28.9 Å². The van der Waals surface area contributed by atoms with E-state index in [9.17, 15) is 4.79 Å². The topological polar surface area (TPSA) is 51.1 Å². The number of hydrogen-bond acceptors (Lipinski definition) is 5. The summed E-state index contributed by atoms with van der Waals surface area (Å²) in [7, 11) is 3.19. The molecule has 1 aromatic carbocycles. The van der Waals surface area contributed by atoms with Gasteiger partial charge in [-0.2, -0.15) is 0 Å². The van der Waals surface area contributed by atoms with Crippen molar-refractivity contribution in [3.63, 3.8) is 0 Å². The summed E-state index contributed by atoms with van der Waals surface area (Å²) in [4.78, 5) is 19.7. The van der Waals surface area contributed by atoms with Gasteiger partial charge in [-0.25, -0.2) is 0 Å². The molecule has 0 aromatic heterocycles. The quantitative estimate of drug-likeness (QED) is 0.760. The van der Waals surface area contributed by atoms with E-state index in [1.807, 2.05) is 52.0 Å². The van der Waals surface area contributed by atoms with Gasteiger partial charge >= 0.3 is 0 Å². The number of nitrogens with zero attached hydrogens (tertiary/aromatic N) is 2. The average Bonchev–Trinajstić information content (AvgIpc) is 2.82. The molecule has 0 aliphatic carbocycles. The molecule has 130 valence electrons. The standard InChI is InChI=1S/C18H24N2O3S/c1-11(2)19-18-20(12(3)4)17(21)16(24-18)10-13-7-8-14(22-5)15(9-13)23-6/h7-12H,1-6H3. The molecule has 0 atom stereocenters. The first-order chi connectivity index (χ1) is 11.4. The second kappa shape index (κ2) is 7.75. The molecule has 1 aliphatic heterocycles. The molecule has 6 heteroatoms. The Morgan fingerprint density at radius 1 is 1.12 bits per heavy atom. The number of carbonyl (C=O) groups excluding carboxylic acids is 1. The van der Waals surface area contributed by atoms with E-state index in [0.717, 1.165) is 10.7 Å². The molecule has 0 unspecified atom stereocenters. The number of amidine groups is 1. The van der Waals surface area contributed by atoms with Crippen molar-refractivity contribution < 1.29 is 14.3 Å². The van der Waals surface area contributed by atoms with E-state index in [1.54, 1.807) is 19.1 Å². The van der Waals surface area contributed by atoms with Crippen molar-refractivity contribution in [2.75, 3.05) is 14.2 Å². The summed E-state index contributed by atoms with van der Waals surface area (Å²) in [5.74, 6) is 1.29. The van der Waals surface area contributed by atoms with Crippen LogP contribution in [0.1, 0.15) is 33.3 Å². The zero-order valence-corrected chi connectivity index (χ0v) is 15.8. The lowest BCUT2D eigenvalue weighted by Crippen LogP contribution is -2.35. The molecule has 0 bridgehead atoms. The maximum absolute atomic E-state index is 12.7. The van der Waals surface area contributed by atoms with E-state index in [-0.39, 0.29) is 18.0 Å². The number of benzene rings is 1. The van der Waals surface area contributed by atoms with Crippen LogP contribution < -0.4 is 9.47 Å². The minimum atomic E-state index is -0.0100. The van der Waals surface area contributed by atoms with Gasteiger partial charge in [0.25, 0.3) is 5.91 Å². The lowest BCUT2D eigenvalue weighted by molar-refractivity contribution is -0.123. The van der Waals surface area contributed by atoms with Crippen molar-refractivity contribution in [3.8, 4) is 11.5 Å². The summed E-state index contributed by atoms with van der Waals surface area (Å²) in [6, 6.07) is 5.80. The van der Waals surface area contributed by atoms with E-state index in [1.165, 1.54) is 11.8 Å². The number of thioether (sulfide) groups is 1. The van der Waals surface area contributed by atoms with E-state index in [2.05, 4.69) is 4.99 Å². The molecule has 0 saturated carbocycles. The van der Waals surface area contributed by atoms with Crippen molar-refractivity contribution in [2.24, 2.45) is 4.99 Å². The van der Waals surface area contributed by atoms with Gasteiger partial charge in [-0.15, -0.1) is 0 Å². The van der Waals surface area contributed by atoms with Gasteiger partial charge in [0.05, 0.1) is 19.1 Å². The summed E-state index contributed by atoms with van der Waals surface area (Å²) in [5, 5.41) is 0.761. The Bertz CT molecular complexity index is 681. The number of hydrogen-bond donors (Lipinski definition) is 0. The predicted molar refractivity (Wildman–Crippen MR) is 99.7 cm³/mol. The number of aliphatic imine (C=N–C) groups is 1. The fraction of sp³-hybridized carbons (Fsp3) is 0.444. The molecular formula is C18H24N2O3S. The van der Waals surface area contributed by atoms with Crippen LogP contribution >= 0.6 is 11.8 Å². The fourth-order valence-corrected chi connectivity index (χ4v) is 3.58. The number of ether oxygens (including phenoxy) is 2. The minimum absolute atomic E-state index is 0.0100. The molecule has 1 saturated heterocycles. The maximum atomic E-state index is 12.7. The van der Waals surface area contributed by atoms with Crippen LogP contribution in [0.2, 0.25) is 0 Å². The molecule has 1 aliphatic rings. The predicted octanol–water partition coefficient (Wildman–Crippen LogP) is 3.79. The molecule has 24 heavy (non-hydrogen) atoms. The Kier molecular flexibility index (Phi) is 5.94. The van der Waals surface area contributed by atoms with Crippen molar-refractivity contribution in [1.82, 2.24) is 4.90 Å². The molecule has 1 aromatic rings. The Balaban J connectivity index is 2.38. The van der Waals surface area contributed by atoms with Gasteiger partial charge in [0.1, 0.15) is 0 Å². The average molecular weight is 348 g/mol. The van der Waals surface area contributed by atoms with E-state index in [4.69, 9.17) is 9.47 Å². The van der Waals surface area contributed by atoms with Crippen LogP contribution in [-0.4, -0.2) is 42.3 Å². The fourth-order valence-electron chi connectivity index (χ4n) is 2.35. The number of rotatable bonds is 5. The largest absolute Gasteiger partial charge is 0.493 e. The van der Waals surface area contributed by atoms with Crippen molar-refractivity contribution in [1.29, 1.82) is 0 Å². The van der Waals surface area contributed by atoms with Gasteiger partial charge in [-0.05, 0) is 63.2 Å². The van der Waals surface area contributed by atoms with Crippen molar-refractivity contribution in [2.45, 2.75) is 39.8 Å². The van der Waals surface area contributed by atoms with Crippen LogP contribution in [0.4, 0.5) is 0 Å². The zero-order valence-electron chi connectivity index (χ0n) is 15.0. The van der Waals surface area contributed by atoms with E-state index in [0.29, 0.717) is 16.4 Å². The molecule has 1 heterocycles. The molecule has 0 N–H and O–H groups in total. The van der Waals surface area contributed by atoms with E-state index < -0.39 is 0 Å². The smallest absolute Gasteiger partial charge is 0.266 e. The highest BCUT2D eigenvalue weighted by Gasteiger charge is 2.35. The Labute approximate surface area is 147 Å². The maximum Gasteiger partial charge on any atom is 0.266 e. The summed E-state index contributed by atoms with van der Waals surface area (Å²) in [6.07, 6.45) is 1.87. The SMILES string of the molecule is COc1ccc(C=C2SC(=NC(C)C)N(C(C)C)C2=O)cc1OC. The van der Waals surface area contributed by atoms with E-state index >= 15 is 0 Å². The first-order valence-electron chi connectivity index (χ1n) is 7.90. The summed E-state index contributed by atoms with van der Waals surface area (Å²) < 4.78 is 10.6. The lowest BCUT2D eigenvalue weighted by Gasteiger charge is -2.20. The first kappa shape index (κ1) is 18.4. The van der Waals surface area contributed by atoms with Crippen LogP contribution in [0, 0.1) is 0 Å². The Hall–Kier alpha value is -1.95. The molecular weight excluding hydrogens is 324 g/mol. The second-order valence-corrected chi connectivity index (χ2v) is 7.01. The number of methoxy groups -OCH3 is 2. The lowest BCUT2D eigenvalue weighted by atomic mass is 10.2. The third-order valence-electron chi connectivity index (χ3n) is 3.43. The summed E-state index contributed by atoms with van der Waals surface area (Å²) >= 11 is 1.42. The molecule has 5 nitrogen and oxygen atoms in total. The zero-order chi connectivity index (χ0) is 17.9. The van der Waals surface area contributed by atoms with Crippen molar-refractivity contribution in [3.05, 3.63) is 28.7 Å². The van der Waals surface area contributed by atoms with Crippen LogP contribution in [0.3, 0.4) is 0 Å². The van der Waals surface area contributed by atoms with Gasteiger partial charge < -0.3 is 9.47 Å². The van der Waals surface area contributed by atoms with Crippen LogP contribution in [0.15, 0.2) is 28.1 Å². The van der Waals surface area contributed by atoms with Crippen LogP contribution in [0.5, 0.6) is 11.5 Å². The molecule has 1 fully saturated rings. The molecule has 2 rings (SSSR count). The van der Waals surface area contributed by atoms with Crippen LogP contribution in [-0.2, 0) is 4.79 Å². The Morgan fingerprint density at radius 2 is 1.79 bits per heavy atom. The van der Waals surface area contributed by atoms with Gasteiger partial charge in [0.15, 0.2) is 16.7 Å².